The number of methoxy groups -OCH3 is 3. The van der Waals surface area contributed by atoms with E-state index >= 15 is 0 Å². The lowest BCUT2D eigenvalue weighted by Gasteiger charge is -2.31. The highest BCUT2D eigenvalue weighted by atomic mass is 35.5. The van der Waals surface area contributed by atoms with Gasteiger partial charge in [0.1, 0.15) is 23.2 Å². The molecule has 2 amide bonds. The zero-order valence-electron chi connectivity index (χ0n) is 21.1. The Morgan fingerprint density at radius 2 is 1.79 bits per heavy atom. The summed E-state index contributed by atoms with van der Waals surface area (Å²) in [5.74, 6) is -3.25. The third-order valence-electron chi connectivity index (χ3n) is 5.64. The van der Waals surface area contributed by atoms with Crippen LogP contribution in [0.15, 0.2) is 47.0 Å². The lowest BCUT2D eigenvalue weighted by molar-refractivity contribution is -0.152. The Hall–Kier alpha value is -3.88. The first-order valence-corrected chi connectivity index (χ1v) is 12.7. The fourth-order valence-electron chi connectivity index (χ4n) is 3.97. The van der Waals surface area contributed by atoms with Crippen LogP contribution in [0.25, 0.3) is 0 Å². The molecular weight excluding hydrogens is 534 g/mol. The minimum absolute atomic E-state index is 0.0631. The Bertz CT molecular complexity index is 1310. The number of esters is 1. The van der Waals surface area contributed by atoms with Crippen molar-refractivity contribution in [3.63, 3.8) is 0 Å². The zero-order chi connectivity index (χ0) is 27.8. The number of rotatable bonds is 10. The summed E-state index contributed by atoms with van der Waals surface area (Å²) in [5.41, 5.74) is 0.909. The van der Waals surface area contributed by atoms with Crippen LogP contribution in [-0.4, -0.2) is 51.5 Å². The number of amides is 2. The Kier molecular flexibility index (Phi) is 9.87. The number of hydrogen-bond donors (Lipinski definition) is 2. The van der Waals surface area contributed by atoms with E-state index in [0.717, 1.165) is 11.8 Å². The number of nitrogens with zero attached hydrogens (tertiary/aromatic N) is 1. The van der Waals surface area contributed by atoms with E-state index in [9.17, 15) is 19.6 Å². The summed E-state index contributed by atoms with van der Waals surface area (Å²) in [6.45, 7) is 1.69. The molecule has 0 fully saturated rings. The molecule has 0 spiro atoms. The summed E-state index contributed by atoms with van der Waals surface area (Å²) in [6.07, 6.45) is 0. The average molecular weight is 560 g/mol. The molecule has 12 heteroatoms. The second-order valence-electron chi connectivity index (χ2n) is 7.82. The number of carbonyl (C=O) groups excluding carboxylic acids is 3. The molecule has 1 heterocycles. The number of ether oxygens (including phenoxy) is 4. The van der Waals surface area contributed by atoms with E-state index in [1.165, 1.54) is 33.5 Å². The Morgan fingerprint density at radius 3 is 2.42 bits per heavy atom. The van der Waals surface area contributed by atoms with Gasteiger partial charge in [0.2, 0.25) is 11.8 Å². The molecule has 3 rings (SSSR count). The summed E-state index contributed by atoms with van der Waals surface area (Å²) in [5, 5.41) is 15.9. The van der Waals surface area contributed by atoms with Crippen molar-refractivity contribution >= 4 is 46.8 Å². The topological polar surface area (TPSA) is 136 Å². The van der Waals surface area contributed by atoms with Crippen LogP contribution in [-0.2, 0) is 19.1 Å². The maximum Gasteiger partial charge on any atom is 0.319 e. The van der Waals surface area contributed by atoms with Gasteiger partial charge in [0, 0.05) is 23.6 Å². The first-order valence-electron chi connectivity index (χ1n) is 11.4. The molecule has 0 radical (unpaired) electrons. The van der Waals surface area contributed by atoms with Crippen molar-refractivity contribution in [1.82, 2.24) is 5.32 Å². The van der Waals surface area contributed by atoms with Gasteiger partial charge in [0.25, 0.3) is 0 Å². The van der Waals surface area contributed by atoms with E-state index < -0.39 is 29.6 Å². The number of carbonyl (C=O) groups is 3. The number of nitrogens with one attached hydrogen (secondary N) is 2. The molecule has 2 atom stereocenters. The number of thioether (sulfide) groups is 1. The number of nitriles is 1. The summed E-state index contributed by atoms with van der Waals surface area (Å²) in [4.78, 5) is 38.8. The predicted octanol–water partition coefficient (Wildman–Crippen LogP) is 3.87. The van der Waals surface area contributed by atoms with Crippen LogP contribution in [0.1, 0.15) is 18.4 Å². The molecule has 0 aliphatic carbocycles. The first-order chi connectivity index (χ1) is 18.3. The predicted molar refractivity (Wildman–Crippen MR) is 142 cm³/mol. The van der Waals surface area contributed by atoms with Crippen LogP contribution >= 0.6 is 23.4 Å². The van der Waals surface area contributed by atoms with Crippen LogP contribution in [0.2, 0.25) is 5.02 Å². The molecule has 38 heavy (non-hydrogen) atoms. The van der Waals surface area contributed by atoms with Gasteiger partial charge in [-0.3, -0.25) is 14.4 Å². The van der Waals surface area contributed by atoms with Gasteiger partial charge in [-0.1, -0.05) is 41.6 Å². The number of benzene rings is 2. The van der Waals surface area contributed by atoms with Crippen molar-refractivity contribution in [3.05, 3.63) is 57.6 Å². The van der Waals surface area contributed by atoms with E-state index in [4.69, 9.17) is 30.5 Å². The highest BCUT2D eigenvalue weighted by Gasteiger charge is 2.45. The maximum atomic E-state index is 13.1. The Labute approximate surface area is 229 Å². The molecule has 0 aromatic heterocycles. The van der Waals surface area contributed by atoms with Crippen LogP contribution in [0, 0.1) is 17.2 Å². The largest absolute Gasteiger partial charge is 0.496 e. The van der Waals surface area contributed by atoms with Crippen molar-refractivity contribution in [2.75, 3.05) is 39.0 Å². The fraction of sp³-hybridized carbons (Fsp3) is 0.308. The first kappa shape index (κ1) is 28.7. The van der Waals surface area contributed by atoms with Crippen molar-refractivity contribution in [2.45, 2.75) is 12.8 Å². The van der Waals surface area contributed by atoms with Crippen LogP contribution in [0.3, 0.4) is 0 Å². The molecule has 1 aliphatic heterocycles. The van der Waals surface area contributed by atoms with Gasteiger partial charge < -0.3 is 29.6 Å². The van der Waals surface area contributed by atoms with Gasteiger partial charge in [-0.2, -0.15) is 5.26 Å². The lowest BCUT2D eigenvalue weighted by atomic mass is 9.78. The molecule has 2 aromatic carbocycles. The third-order valence-corrected chi connectivity index (χ3v) is 6.95. The standard InChI is InChI=1S/C26H26ClN3O7S/c1-5-37-26(33)23-22(14-8-6-7-9-18(14)34-2)15(12-28)25(30-24(23)32)38-13-21(31)29-17-11-19(35-3)16(27)10-20(17)36-4/h6-11,22-23H,5,13H2,1-4H3,(H,29,31)(H,30,32)/t22-,23+/m1/s1. The molecular formula is C26H26ClN3O7S. The summed E-state index contributed by atoms with van der Waals surface area (Å²) < 4.78 is 21.1. The van der Waals surface area contributed by atoms with Gasteiger partial charge in [0.15, 0.2) is 0 Å². The zero-order valence-corrected chi connectivity index (χ0v) is 22.7. The van der Waals surface area contributed by atoms with E-state index in [0.29, 0.717) is 33.5 Å². The normalized spacial score (nSPS) is 16.7. The van der Waals surface area contributed by atoms with Gasteiger partial charge in [-0.05, 0) is 13.0 Å². The SMILES string of the molecule is CCOC(=O)[C@@H]1C(=O)NC(SCC(=O)Nc2cc(OC)c(Cl)cc2OC)=C(C#N)[C@H]1c1ccccc1OC. The third kappa shape index (κ3) is 6.15. The molecule has 200 valence electrons. The van der Waals surface area contributed by atoms with Gasteiger partial charge in [-0.15, -0.1) is 0 Å². The Balaban J connectivity index is 1.94. The van der Waals surface area contributed by atoms with Gasteiger partial charge in [0.05, 0.1) is 61.1 Å². The van der Waals surface area contributed by atoms with Crippen LogP contribution in [0.4, 0.5) is 5.69 Å². The highest BCUT2D eigenvalue weighted by Crippen LogP contribution is 2.43. The monoisotopic (exact) mass is 559 g/mol. The molecule has 2 N–H and O–H groups in total. The minimum Gasteiger partial charge on any atom is -0.496 e. The van der Waals surface area contributed by atoms with Gasteiger partial charge in [-0.25, -0.2) is 0 Å². The molecule has 2 aromatic rings. The molecule has 10 nitrogen and oxygen atoms in total. The van der Waals surface area contributed by atoms with E-state index in [1.807, 2.05) is 0 Å². The summed E-state index contributed by atoms with van der Waals surface area (Å²) >= 11 is 7.07. The van der Waals surface area contributed by atoms with Crippen molar-refractivity contribution in [2.24, 2.45) is 5.92 Å². The second-order valence-corrected chi connectivity index (χ2v) is 9.21. The maximum absolute atomic E-state index is 13.1. The summed E-state index contributed by atoms with van der Waals surface area (Å²) in [6, 6.07) is 12.0. The number of para-hydroxylation sites is 1. The molecule has 0 saturated carbocycles. The van der Waals surface area contributed by atoms with Crippen molar-refractivity contribution < 1.29 is 33.3 Å². The fourth-order valence-corrected chi connectivity index (χ4v) is 5.05. The molecule has 1 aliphatic rings. The second kappa shape index (κ2) is 13.1. The number of allylic oxidation sites excluding steroid dienone is 1. The highest BCUT2D eigenvalue weighted by molar-refractivity contribution is 8.03. The number of halogens is 1. The average Bonchev–Trinajstić information content (AvgIpc) is 2.92. The van der Waals surface area contributed by atoms with E-state index in [-0.39, 0.29) is 23.0 Å². The number of anilines is 1. The Morgan fingerprint density at radius 1 is 1.11 bits per heavy atom. The smallest absolute Gasteiger partial charge is 0.319 e. The van der Waals surface area contributed by atoms with E-state index in [2.05, 4.69) is 16.7 Å². The van der Waals surface area contributed by atoms with Crippen LogP contribution < -0.4 is 24.8 Å². The van der Waals surface area contributed by atoms with Crippen LogP contribution in [0.5, 0.6) is 17.2 Å². The van der Waals surface area contributed by atoms with E-state index in [1.54, 1.807) is 31.2 Å². The lowest BCUT2D eigenvalue weighted by Crippen LogP contribution is -2.44. The molecule has 0 unspecified atom stereocenters. The minimum atomic E-state index is -1.31. The van der Waals surface area contributed by atoms with Crippen molar-refractivity contribution in [1.29, 1.82) is 5.26 Å². The number of hydrogen-bond acceptors (Lipinski definition) is 9. The quantitative estimate of drug-likeness (QED) is 0.328. The molecule has 0 saturated heterocycles. The summed E-state index contributed by atoms with van der Waals surface area (Å²) in [7, 11) is 4.33. The van der Waals surface area contributed by atoms with Gasteiger partial charge >= 0.3 is 5.97 Å². The van der Waals surface area contributed by atoms with Crippen molar-refractivity contribution in [3.8, 4) is 23.3 Å². The molecule has 0 bridgehead atoms.